The number of aryl methyl sites for hydroxylation is 1. The summed E-state index contributed by atoms with van der Waals surface area (Å²) in [4.78, 5) is 14.9. The molecule has 1 fully saturated rings. The Balaban J connectivity index is 1.40. The van der Waals surface area contributed by atoms with Crippen molar-refractivity contribution < 1.29 is 4.79 Å². The van der Waals surface area contributed by atoms with Crippen LogP contribution in [-0.2, 0) is 13.0 Å². The zero-order chi connectivity index (χ0) is 20.6. The Morgan fingerprint density at radius 2 is 1.76 bits per heavy atom. The predicted octanol–water partition coefficient (Wildman–Crippen LogP) is 5.40. The zero-order valence-corrected chi connectivity index (χ0v) is 18.3. The van der Waals surface area contributed by atoms with Gasteiger partial charge in [-0.1, -0.05) is 57.2 Å². The van der Waals surface area contributed by atoms with Crippen molar-refractivity contribution in [2.75, 3.05) is 19.6 Å². The second-order valence-corrected chi connectivity index (χ2v) is 8.94. The molecule has 29 heavy (non-hydrogen) atoms. The minimum Gasteiger partial charge on any atom is -0.352 e. The average molecular weight is 393 g/mol. The van der Waals surface area contributed by atoms with Crippen molar-refractivity contribution in [1.82, 2.24) is 10.2 Å². The fourth-order valence-electron chi connectivity index (χ4n) is 4.12. The molecule has 0 unspecified atom stereocenters. The lowest BCUT2D eigenvalue weighted by Crippen LogP contribution is -2.33. The molecule has 0 radical (unpaired) electrons. The molecular weight excluding hydrogens is 356 g/mol. The number of rotatable bonds is 8. The first-order valence-electron chi connectivity index (χ1n) is 11.2. The summed E-state index contributed by atoms with van der Waals surface area (Å²) >= 11 is 0. The Bertz CT molecular complexity index is 764. The molecule has 0 spiro atoms. The Labute approximate surface area is 176 Å². The van der Waals surface area contributed by atoms with Crippen molar-refractivity contribution in [3.8, 4) is 0 Å². The molecule has 3 rings (SSSR count). The first kappa shape index (κ1) is 21.6. The molecule has 1 amide bonds. The molecule has 3 heteroatoms. The molecule has 2 aromatic rings. The van der Waals surface area contributed by atoms with Crippen molar-refractivity contribution in [3.05, 3.63) is 70.8 Å². The lowest BCUT2D eigenvalue weighted by Gasteiger charge is -2.30. The van der Waals surface area contributed by atoms with Crippen molar-refractivity contribution in [2.24, 2.45) is 5.92 Å². The molecule has 1 saturated heterocycles. The van der Waals surface area contributed by atoms with Crippen LogP contribution in [0, 0.1) is 5.92 Å². The van der Waals surface area contributed by atoms with Gasteiger partial charge in [0.25, 0.3) is 5.91 Å². The van der Waals surface area contributed by atoms with Gasteiger partial charge >= 0.3 is 0 Å². The van der Waals surface area contributed by atoms with Crippen LogP contribution in [0.2, 0.25) is 0 Å². The number of likely N-dealkylation sites (tertiary alicyclic amines) is 1. The van der Waals surface area contributed by atoms with Crippen LogP contribution >= 0.6 is 0 Å². The minimum atomic E-state index is 0.0262. The zero-order valence-electron chi connectivity index (χ0n) is 18.3. The maximum atomic E-state index is 12.4. The van der Waals surface area contributed by atoms with Crippen LogP contribution in [0.3, 0.4) is 0 Å². The van der Waals surface area contributed by atoms with Crippen LogP contribution in [0.25, 0.3) is 0 Å². The van der Waals surface area contributed by atoms with E-state index >= 15 is 0 Å². The number of amides is 1. The Kier molecular flexibility index (Phi) is 7.88. The summed E-state index contributed by atoms with van der Waals surface area (Å²) in [6.45, 7) is 10.8. The SMILES string of the molecule is CC(C)c1ccc(CCCNC(=O)c2ccc(CN3CCC[C@@H](C)C3)cc2)cc1. The first-order valence-corrected chi connectivity index (χ1v) is 11.2. The highest BCUT2D eigenvalue weighted by molar-refractivity contribution is 5.94. The molecule has 0 aromatic heterocycles. The van der Waals surface area contributed by atoms with E-state index in [9.17, 15) is 4.79 Å². The molecule has 1 N–H and O–H groups in total. The van der Waals surface area contributed by atoms with Gasteiger partial charge in [-0.2, -0.15) is 0 Å². The molecule has 1 atom stereocenters. The molecule has 1 heterocycles. The summed E-state index contributed by atoms with van der Waals surface area (Å²) in [6, 6.07) is 17.0. The summed E-state index contributed by atoms with van der Waals surface area (Å²) < 4.78 is 0. The second kappa shape index (κ2) is 10.6. The third-order valence-electron chi connectivity index (χ3n) is 5.94. The van der Waals surface area contributed by atoms with Crippen LogP contribution in [0.1, 0.15) is 73.0 Å². The summed E-state index contributed by atoms with van der Waals surface area (Å²) in [6.07, 6.45) is 4.59. The van der Waals surface area contributed by atoms with Crippen LogP contribution in [0.4, 0.5) is 0 Å². The lowest BCUT2D eigenvalue weighted by molar-refractivity contribution is 0.0953. The summed E-state index contributed by atoms with van der Waals surface area (Å²) in [5, 5.41) is 3.06. The fourth-order valence-corrected chi connectivity index (χ4v) is 4.12. The predicted molar refractivity (Wildman–Crippen MR) is 121 cm³/mol. The number of piperidine rings is 1. The van der Waals surface area contributed by atoms with E-state index in [4.69, 9.17) is 0 Å². The number of nitrogens with one attached hydrogen (secondary N) is 1. The highest BCUT2D eigenvalue weighted by Crippen LogP contribution is 2.18. The lowest BCUT2D eigenvalue weighted by atomic mass is 9.99. The molecular formula is C26H36N2O. The van der Waals surface area contributed by atoms with Gasteiger partial charge in [-0.3, -0.25) is 9.69 Å². The monoisotopic (exact) mass is 392 g/mol. The smallest absolute Gasteiger partial charge is 0.251 e. The maximum Gasteiger partial charge on any atom is 0.251 e. The van der Waals surface area contributed by atoms with Crippen molar-refractivity contribution in [1.29, 1.82) is 0 Å². The van der Waals surface area contributed by atoms with E-state index in [1.54, 1.807) is 0 Å². The number of carbonyl (C=O) groups excluding carboxylic acids is 1. The van der Waals surface area contributed by atoms with E-state index in [2.05, 4.69) is 67.4 Å². The number of carbonyl (C=O) groups is 1. The van der Waals surface area contributed by atoms with Crippen molar-refractivity contribution in [3.63, 3.8) is 0 Å². The second-order valence-electron chi connectivity index (χ2n) is 8.94. The van der Waals surface area contributed by atoms with Gasteiger partial charge in [-0.25, -0.2) is 0 Å². The summed E-state index contributed by atoms with van der Waals surface area (Å²) in [5.74, 6) is 1.39. The Morgan fingerprint density at radius 3 is 2.41 bits per heavy atom. The maximum absolute atomic E-state index is 12.4. The highest BCUT2D eigenvalue weighted by atomic mass is 16.1. The van der Waals surface area contributed by atoms with Crippen LogP contribution < -0.4 is 5.32 Å². The molecule has 1 aliphatic rings. The quantitative estimate of drug-likeness (QED) is 0.610. The van der Waals surface area contributed by atoms with Crippen LogP contribution in [-0.4, -0.2) is 30.4 Å². The molecule has 3 nitrogen and oxygen atoms in total. The fraction of sp³-hybridized carbons (Fsp3) is 0.500. The van der Waals surface area contributed by atoms with Gasteiger partial charge < -0.3 is 5.32 Å². The molecule has 0 saturated carbocycles. The Morgan fingerprint density at radius 1 is 1.07 bits per heavy atom. The largest absolute Gasteiger partial charge is 0.352 e. The molecule has 0 aliphatic carbocycles. The van der Waals surface area contributed by atoms with Gasteiger partial charge in [0.1, 0.15) is 0 Å². The van der Waals surface area contributed by atoms with E-state index in [-0.39, 0.29) is 5.91 Å². The van der Waals surface area contributed by atoms with Gasteiger partial charge in [0.2, 0.25) is 0 Å². The standard InChI is InChI=1S/C26H36N2O/c1-20(2)24-12-8-22(9-13-24)7-4-16-27-26(29)25-14-10-23(11-15-25)19-28-17-5-6-21(3)18-28/h8-15,20-21H,4-7,16-19H2,1-3H3,(H,27,29)/t21-/m1/s1. The number of nitrogens with zero attached hydrogens (tertiary/aromatic N) is 1. The van der Waals surface area contributed by atoms with Gasteiger partial charge in [0.15, 0.2) is 0 Å². The van der Waals surface area contributed by atoms with Crippen molar-refractivity contribution in [2.45, 2.75) is 58.9 Å². The third-order valence-corrected chi connectivity index (χ3v) is 5.94. The van der Waals surface area contributed by atoms with E-state index in [1.807, 2.05) is 12.1 Å². The third kappa shape index (κ3) is 6.71. The number of hydrogen-bond acceptors (Lipinski definition) is 2. The van der Waals surface area contributed by atoms with E-state index in [1.165, 1.54) is 42.6 Å². The van der Waals surface area contributed by atoms with Gasteiger partial charge in [0, 0.05) is 25.2 Å². The van der Waals surface area contributed by atoms with Crippen LogP contribution in [0.5, 0.6) is 0 Å². The summed E-state index contributed by atoms with van der Waals surface area (Å²) in [5.41, 5.74) is 4.75. The number of benzene rings is 2. The topological polar surface area (TPSA) is 32.3 Å². The van der Waals surface area contributed by atoms with Gasteiger partial charge in [-0.15, -0.1) is 0 Å². The number of hydrogen-bond donors (Lipinski definition) is 1. The van der Waals surface area contributed by atoms with E-state index in [0.29, 0.717) is 12.5 Å². The van der Waals surface area contributed by atoms with Gasteiger partial charge in [-0.05, 0) is 72.9 Å². The molecule has 0 bridgehead atoms. The average Bonchev–Trinajstić information content (AvgIpc) is 2.72. The van der Waals surface area contributed by atoms with E-state index < -0.39 is 0 Å². The molecule has 156 valence electrons. The van der Waals surface area contributed by atoms with E-state index in [0.717, 1.165) is 30.9 Å². The molecule has 1 aliphatic heterocycles. The van der Waals surface area contributed by atoms with Crippen LogP contribution in [0.15, 0.2) is 48.5 Å². The summed E-state index contributed by atoms with van der Waals surface area (Å²) in [7, 11) is 0. The highest BCUT2D eigenvalue weighted by Gasteiger charge is 2.16. The molecule has 2 aromatic carbocycles. The first-order chi connectivity index (χ1) is 14.0. The normalized spacial score (nSPS) is 17.4. The Hall–Kier alpha value is -2.13. The van der Waals surface area contributed by atoms with Crippen molar-refractivity contribution >= 4 is 5.91 Å². The van der Waals surface area contributed by atoms with Gasteiger partial charge in [0.05, 0.1) is 0 Å². The minimum absolute atomic E-state index is 0.0262.